The Labute approximate surface area is 194 Å². The summed E-state index contributed by atoms with van der Waals surface area (Å²) in [5, 5.41) is 2.90. The lowest BCUT2D eigenvalue weighted by Crippen LogP contribution is -2.24. The third-order valence-electron chi connectivity index (χ3n) is 5.70. The maximum atomic E-state index is 12.1. The van der Waals surface area contributed by atoms with E-state index in [0.717, 1.165) is 35.4 Å². The summed E-state index contributed by atoms with van der Waals surface area (Å²) in [5.41, 5.74) is 4.50. The molecule has 0 aliphatic heterocycles. The monoisotopic (exact) mass is 445 g/mol. The van der Waals surface area contributed by atoms with Gasteiger partial charge in [-0.3, -0.25) is 4.79 Å². The van der Waals surface area contributed by atoms with Gasteiger partial charge >= 0.3 is 0 Å². The molecule has 6 heteroatoms. The summed E-state index contributed by atoms with van der Waals surface area (Å²) in [6.07, 6.45) is 3.04. The van der Waals surface area contributed by atoms with Gasteiger partial charge in [-0.25, -0.2) is 4.98 Å². The minimum atomic E-state index is -0.194. The van der Waals surface area contributed by atoms with E-state index in [1.807, 2.05) is 18.2 Å². The topological polar surface area (TPSA) is 69.3 Å². The first kappa shape index (κ1) is 22.6. The van der Waals surface area contributed by atoms with Crippen molar-refractivity contribution in [3.63, 3.8) is 0 Å². The van der Waals surface area contributed by atoms with Gasteiger partial charge in [0.1, 0.15) is 18.2 Å². The fourth-order valence-electron chi connectivity index (χ4n) is 4.00. The highest BCUT2D eigenvalue weighted by molar-refractivity contribution is 5.91. The maximum absolute atomic E-state index is 12.1. The average molecular weight is 446 g/mol. The molecule has 1 N–H and O–H groups in total. The maximum Gasteiger partial charge on any atom is 0.286 e. The summed E-state index contributed by atoms with van der Waals surface area (Å²) in [7, 11) is 0. The highest BCUT2D eigenvalue weighted by Gasteiger charge is 2.13. The molecule has 0 aliphatic rings. The predicted octanol–water partition coefficient (Wildman–Crippen LogP) is 5.50. The zero-order valence-corrected chi connectivity index (χ0v) is 19.5. The Hall–Kier alpha value is -3.54. The molecule has 2 heterocycles. The van der Waals surface area contributed by atoms with Crippen molar-refractivity contribution in [3.8, 4) is 5.75 Å². The van der Waals surface area contributed by atoms with Crippen LogP contribution in [0.5, 0.6) is 5.75 Å². The Balaban J connectivity index is 1.41. The third kappa shape index (κ3) is 5.45. The van der Waals surface area contributed by atoms with Crippen LogP contribution in [0.15, 0.2) is 65.3 Å². The van der Waals surface area contributed by atoms with Crippen molar-refractivity contribution in [2.75, 3.05) is 13.2 Å². The summed E-state index contributed by atoms with van der Waals surface area (Å²) in [6, 6.07) is 17.9. The molecule has 1 amide bonds. The number of carbonyl (C=O) groups excluding carboxylic acids is 1. The molecule has 4 aromatic rings. The van der Waals surface area contributed by atoms with Crippen LogP contribution in [0.4, 0.5) is 0 Å². The van der Waals surface area contributed by atoms with E-state index in [0.29, 0.717) is 31.4 Å². The molecule has 4 rings (SSSR count). The van der Waals surface area contributed by atoms with Crippen molar-refractivity contribution in [1.82, 2.24) is 14.9 Å². The second-order valence-electron chi connectivity index (χ2n) is 8.55. The number of nitrogens with zero attached hydrogens (tertiary/aromatic N) is 2. The molecule has 33 heavy (non-hydrogen) atoms. The molecular weight excluding hydrogens is 414 g/mol. The lowest BCUT2D eigenvalue weighted by molar-refractivity contribution is 0.0925. The van der Waals surface area contributed by atoms with Crippen LogP contribution >= 0.6 is 0 Å². The smallest absolute Gasteiger partial charge is 0.286 e. The van der Waals surface area contributed by atoms with E-state index in [4.69, 9.17) is 14.1 Å². The van der Waals surface area contributed by atoms with Crippen LogP contribution in [-0.4, -0.2) is 28.6 Å². The first-order valence-electron chi connectivity index (χ1n) is 11.5. The lowest BCUT2D eigenvalue weighted by atomic mass is 10.0. The number of carbonyl (C=O) groups is 1. The Bertz CT molecular complexity index is 1210. The Kier molecular flexibility index (Phi) is 7.13. The molecule has 0 saturated carbocycles. The molecule has 2 aromatic carbocycles. The largest absolute Gasteiger partial charge is 0.491 e. The number of fused-ring (bicyclic) bond motifs is 1. The van der Waals surface area contributed by atoms with Gasteiger partial charge in [0.2, 0.25) is 0 Å². The Morgan fingerprint density at radius 3 is 2.79 bits per heavy atom. The summed E-state index contributed by atoms with van der Waals surface area (Å²) in [6.45, 7) is 8.28. The molecule has 0 aliphatic carbocycles. The molecule has 0 spiro atoms. The van der Waals surface area contributed by atoms with Crippen molar-refractivity contribution in [2.45, 2.75) is 46.1 Å². The van der Waals surface area contributed by atoms with Crippen LogP contribution in [0.2, 0.25) is 0 Å². The molecule has 6 nitrogen and oxygen atoms in total. The second kappa shape index (κ2) is 10.4. The molecule has 0 atom stereocenters. The molecular formula is C27H31N3O3. The second-order valence-corrected chi connectivity index (χ2v) is 8.55. The number of benzene rings is 2. The fourth-order valence-corrected chi connectivity index (χ4v) is 4.00. The normalized spacial score (nSPS) is 11.3. The number of hydrogen-bond donors (Lipinski definition) is 1. The highest BCUT2D eigenvalue weighted by atomic mass is 16.5. The van der Waals surface area contributed by atoms with Crippen LogP contribution in [-0.2, 0) is 13.0 Å². The lowest BCUT2D eigenvalue weighted by Gasteiger charge is -2.16. The SMILES string of the molecule is Cc1ccc(C(C)C)c(OCCn2c(CCCNC(=O)c3ccco3)nc3ccccc32)c1. The Morgan fingerprint density at radius 1 is 1.15 bits per heavy atom. The van der Waals surface area contributed by atoms with Gasteiger partial charge in [-0.05, 0) is 60.7 Å². The summed E-state index contributed by atoms with van der Waals surface area (Å²) >= 11 is 0. The van der Waals surface area contributed by atoms with Gasteiger partial charge in [0.05, 0.1) is 23.8 Å². The van der Waals surface area contributed by atoms with Crippen LogP contribution < -0.4 is 10.1 Å². The van der Waals surface area contributed by atoms with Crippen molar-refractivity contribution in [2.24, 2.45) is 0 Å². The molecule has 0 fully saturated rings. The number of furan rings is 1. The number of nitrogens with one attached hydrogen (secondary N) is 1. The molecule has 172 valence electrons. The zero-order chi connectivity index (χ0) is 23.2. The average Bonchev–Trinajstić information content (AvgIpc) is 3.45. The van der Waals surface area contributed by atoms with E-state index in [2.05, 4.69) is 54.9 Å². The summed E-state index contributed by atoms with van der Waals surface area (Å²) in [5.74, 6) is 2.50. The summed E-state index contributed by atoms with van der Waals surface area (Å²) in [4.78, 5) is 16.9. The molecule has 0 saturated heterocycles. The first-order valence-corrected chi connectivity index (χ1v) is 11.5. The van der Waals surface area contributed by atoms with Crippen LogP contribution in [0.1, 0.15) is 53.7 Å². The molecule has 2 aromatic heterocycles. The number of aromatic nitrogens is 2. The number of hydrogen-bond acceptors (Lipinski definition) is 4. The molecule has 0 bridgehead atoms. The predicted molar refractivity (Wildman–Crippen MR) is 130 cm³/mol. The van der Waals surface area contributed by atoms with Gasteiger partial charge < -0.3 is 19.0 Å². The van der Waals surface area contributed by atoms with E-state index in [9.17, 15) is 4.79 Å². The van der Waals surface area contributed by atoms with E-state index < -0.39 is 0 Å². The summed E-state index contributed by atoms with van der Waals surface area (Å²) < 4.78 is 13.6. The van der Waals surface area contributed by atoms with E-state index in [1.54, 1.807) is 12.1 Å². The highest BCUT2D eigenvalue weighted by Crippen LogP contribution is 2.27. The quantitative estimate of drug-likeness (QED) is 0.327. The minimum Gasteiger partial charge on any atom is -0.491 e. The minimum absolute atomic E-state index is 0.194. The number of ether oxygens (including phenoxy) is 1. The van der Waals surface area contributed by atoms with E-state index in [-0.39, 0.29) is 5.91 Å². The van der Waals surface area contributed by atoms with Gasteiger partial charge in [0.25, 0.3) is 5.91 Å². The zero-order valence-electron chi connectivity index (χ0n) is 19.5. The van der Waals surface area contributed by atoms with Gasteiger partial charge in [-0.15, -0.1) is 0 Å². The number of aryl methyl sites for hydroxylation is 2. The van der Waals surface area contributed by atoms with Gasteiger partial charge in [0.15, 0.2) is 5.76 Å². The van der Waals surface area contributed by atoms with Crippen LogP contribution in [0.3, 0.4) is 0 Å². The van der Waals surface area contributed by atoms with E-state index in [1.165, 1.54) is 17.4 Å². The molecule has 0 radical (unpaired) electrons. The van der Waals surface area contributed by atoms with Gasteiger partial charge in [0, 0.05) is 13.0 Å². The standard InChI is InChI=1S/C27H31N3O3/c1-19(2)21-13-12-20(3)18-25(21)33-17-15-30-23-9-5-4-8-22(23)29-26(30)11-6-14-28-27(31)24-10-7-16-32-24/h4-5,7-10,12-13,16,18-19H,6,11,14-15,17H2,1-3H3,(H,28,31). The van der Waals surface area contributed by atoms with Crippen molar-refractivity contribution in [3.05, 3.63) is 83.6 Å². The first-order chi connectivity index (χ1) is 16.0. The third-order valence-corrected chi connectivity index (χ3v) is 5.70. The fraction of sp³-hybridized carbons (Fsp3) is 0.333. The van der Waals surface area contributed by atoms with Crippen molar-refractivity contribution < 1.29 is 13.9 Å². The number of rotatable bonds is 10. The van der Waals surface area contributed by atoms with Gasteiger partial charge in [-0.2, -0.15) is 0 Å². The van der Waals surface area contributed by atoms with Crippen molar-refractivity contribution in [1.29, 1.82) is 0 Å². The number of amides is 1. The van der Waals surface area contributed by atoms with Crippen LogP contribution in [0, 0.1) is 6.92 Å². The number of para-hydroxylation sites is 2. The number of imidazole rings is 1. The van der Waals surface area contributed by atoms with E-state index >= 15 is 0 Å². The Morgan fingerprint density at radius 2 is 2.00 bits per heavy atom. The van der Waals surface area contributed by atoms with Crippen molar-refractivity contribution >= 4 is 16.9 Å². The van der Waals surface area contributed by atoms with Crippen LogP contribution in [0.25, 0.3) is 11.0 Å². The van der Waals surface area contributed by atoms with Gasteiger partial charge in [-0.1, -0.05) is 38.1 Å². The molecule has 0 unspecified atom stereocenters.